The summed E-state index contributed by atoms with van der Waals surface area (Å²) in [6, 6.07) is 11.0. The molecule has 1 saturated heterocycles. The first-order chi connectivity index (χ1) is 12.0. The van der Waals surface area contributed by atoms with Crippen molar-refractivity contribution < 1.29 is 14.1 Å². The number of hydrogen-bond donors (Lipinski definition) is 0. The summed E-state index contributed by atoms with van der Waals surface area (Å²) in [6.45, 7) is 3.46. The van der Waals surface area contributed by atoms with Gasteiger partial charge in [0.05, 0.1) is 12.0 Å². The summed E-state index contributed by atoms with van der Waals surface area (Å²) in [7, 11) is 1.76. The van der Waals surface area contributed by atoms with Crippen LogP contribution in [0.4, 0.5) is 0 Å². The molecule has 2 amide bonds. The lowest BCUT2D eigenvalue weighted by molar-refractivity contribution is -0.143. The highest BCUT2D eigenvalue weighted by Crippen LogP contribution is 2.32. The van der Waals surface area contributed by atoms with Crippen molar-refractivity contribution in [1.82, 2.24) is 15.0 Å². The number of piperidine rings is 1. The second-order valence-electron chi connectivity index (χ2n) is 6.91. The Bertz CT molecular complexity index is 730. The van der Waals surface area contributed by atoms with Crippen molar-refractivity contribution >= 4 is 11.8 Å². The number of likely N-dealkylation sites (tertiary alicyclic amines) is 1. The molecule has 25 heavy (non-hydrogen) atoms. The van der Waals surface area contributed by atoms with Crippen molar-refractivity contribution in [2.45, 2.75) is 26.3 Å². The molecule has 1 aromatic heterocycles. The van der Waals surface area contributed by atoms with E-state index in [1.54, 1.807) is 22.9 Å². The van der Waals surface area contributed by atoms with Crippen molar-refractivity contribution in [3.8, 4) is 0 Å². The van der Waals surface area contributed by atoms with Crippen LogP contribution < -0.4 is 0 Å². The predicted molar refractivity (Wildman–Crippen MR) is 92.7 cm³/mol. The highest BCUT2D eigenvalue weighted by Gasteiger charge is 2.41. The van der Waals surface area contributed by atoms with Gasteiger partial charge in [-0.2, -0.15) is 0 Å². The number of rotatable bonds is 4. The number of carbonyl (C=O) groups excluding carboxylic acids is 2. The molecule has 0 saturated carbocycles. The lowest BCUT2D eigenvalue weighted by atomic mass is 9.80. The van der Waals surface area contributed by atoms with Crippen LogP contribution in [0.5, 0.6) is 0 Å². The first-order valence-corrected chi connectivity index (χ1v) is 8.49. The fourth-order valence-corrected chi connectivity index (χ4v) is 3.45. The van der Waals surface area contributed by atoms with Gasteiger partial charge < -0.3 is 14.3 Å². The number of carbonyl (C=O) groups is 2. The van der Waals surface area contributed by atoms with Gasteiger partial charge in [0.2, 0.25) is 5.91 Å². The second kappa shape index (κ2) is 7.09. The Balaban J connectivity index is 1.70. The van der Waals surface area contributed by atoms with Gasteiger partial charge in [0, 0.05) is 31.8 Å². The Hall–Kier alpha value is -2.63. The first kappa shape index (κ1) is 17.2. The van der Waals surface area contributed by atoms with E-state index in [-0.39, 0.29) is 11.8 Å². The molecule has 1 atom stereocenters. The van der Waals surface area contributed by atoms with Crippen LogP contribution in [0.15, 0.2) is 47.2 Å². The molecule has 0 aliphatic carbocycles. The van der Waals surface area contributed by atoms with Gasteiger partial charge in [-0.15, -0.1) is 0 Å². The Morgan fingerprint density at radius 2 is 2.04 bits per heavy atom. The van der Waals surface area contributed by atoms with Gasteiger partial charge in [0.1, 0.15) is 12.0 Å². The highest BCUT2D eigenvalue weighted by atomic mass is 16.5. The van der Waals surface area contributed by atoms with Gasteiger partial charge in [-0.05, 0) is 31.9 Å². The number of hydrogen-bond acceptors (Lipinski definition) is 4. The Morgan fingerprint density at radius 3 is 2.72 bits per heavy atom. The van der Waals surface area contributed by atoms with E-state index in [9.17, 15) is 9.59 Å². The molecule has 0 unspecified atom stereocenters. The molecule has 2 heterocycles. The second-order valence-corrected chi connectivity index (χ2v) is 6.91. The summed E-state index contributed by atoms with van der Waals surface area (Å²) in [6.07, 6.45) is 3.09. The normalized spacial score (nSPS) is 20.3. The van der Waals surface area contributed by atoms with Crippen LogP contribution in [0.25, 0.3) is 0 Å². The van der Waals surface area contributed by atoms with Crippen molar-refractivity contribution in [1.29, 1.82) is 0 Å². The zero-order valence-electron chi connectivity index (χ0n) is 14.6. The molecule has 132 valence electrons. The minimum absolute atomic E-state index is 0.0153. The highest BCUT2D eigenvalue weighted by molar-refractivity contribution is 5.95. The summed E-state index contributed by atoms with van der Waals surface area (Å²) in [4.78, 5) is 29.1. The van der Waals surface area contributed by atoms with Gasteiger partial charge in [0.25, 0.3) is 5.91 Å². The van der Waals surface area contributed by atoms with Crippen LogP contribution in [-0.4, -0.2) is 46.9 Å². The third-order valence-corrected chi connectivity index (χ3v) is 4.76. The maximum Gasteiger partial charge on any atom is 0.253 e. The van der Waals surface area contributed by atoms with Crippen molar-refractivity contribution in [2.24, 2.45) is 5.41 Å². The Kier molecular flexibility index (Phi) is 4.88. The third kappa shape index (κ3) is 3.73. The lowest BCUT2D eigenvalue weighted by Gasteiger charge is -2.41. The van der Waals surface area contributed by atoms with Crippen LogP contribution in [0.3, 0.4) is 0 Å². The Labute approximate surface area is 147 Å². The van der Waals surface area contributed by atoms with Crippen LogP contribution >= 0.6 is 0 Å². The molecule has 0 radical (unpaired) electrons. The molecule has 1 aliphatic rings. The first-order valence-electron chi connectivity index (χ1n) is 8.49. The van der Waals surface area contributed by atoms with E-state index in [1.165, 1.54) is 6.26 Å². The smallest absolute Gasteiger partial charge is 0.253 e. The van der Waals surface area contributed by atoms with Gasteiger partial charge >= 0.3 is 0 Å². The minimum atomic E-state index is -0.582. The third-order valence-electron chi connectivity index (χ3n) is 4.76. The fourth-order valence-electron chi connectivity index (χ4n) is 3.45. The van der Waals surface area contributed by atoms with E-state index >= 15 is 0 Å². The van der Waals surface area contributed by atoms with E-state index in [1.807, 2.05) is 37.3 Å². The van der Waals surface area contributed by atoms with Gasteiger partial charge in [0.15, 0.2) is 0 Å². The predicted octanol–water partition coefficient (Wildman–Crippen LogP) is 2.58. The number of nitrogens with zero attached hydrogens (tertiary/aromatic N) is 3. The van der Waals surface area contributed by atoms with Crippen molar-refractivity contribution in [3.05, 3.63) is 53.9 Å². The molecule has 3 rings (SSSR count). The van der Waals surface area contributed by atoms with E-state index in [0.29, 0.717) is 30.9 Å². The molecule has 0 spiro atoms. The molecule has 1 aliphatic heterocycles. The standard InChI is InChI=1S/C19H23N3O3/c1-19(18(24)21(2)13-16-9-12-25-20-16)10-6-11-22(14-19)17(23)15-7-4-3-5-8-15/h3-5,7-9,12H,6,10-11,13-14H2,1-2H3/t19-/m0/s1. The van der Waals surface area contributed by atoms with E-state index < -0.39 is 5.41 Å². The largest absolute Gasteiger partial charge is 0.364 e. The molecule has 1 aromatic carbocycles. The molecule has 6 nitrogen and oxygen atoms in total. The quantitative estimate of drug-likeness (QED) is 0.857. The summed E-state index contributed by atoms with van der Waals surface area (Å²) < 4.78 is 4.82. The average molecular weight is 341 g/mol. The minimum Gasteiger partial charge on any atom is -0.364 e. The van der Waals surface area contributed by atoms with Crippen molar-refractivity contribution in [3.63, 3.8) is 0 Å². The molecule has 0 N–H and O–H groups in total. The van der Waals surface area contributed by atoms with Crippen LogP contribution in [0.1, 0.15) is 35.8 Å². The maximum atomic E-state index is 13.0. The molecule has 0 bridgehead atoms. The summed E-state index contributed by atoms with van der Waals surface area (Å²) in [5.41, 5.74) is 0.795. The number of amides is 2. The average Bonchev–Trinajstić information content (AvgIpc) is 3.14. The number of aromatic nitrogens is 1. The van der Waals surface area contributed by atoms with E-state index in [4.69, 9.17) is 4.52 Å². The zero-order chi connectivity index (χ0) is 17.9. The lowest BCUT2D eigenvalue weighted by Crippen LogP contribution is -2.52. The van der Waals surface area contributed by atoms with Crippen LogP contribution in [-0.2, 0) is 11.3 Å². The fraction of sp³-hybridized carbons (Fsp3) is 0.421. The van der Waals surface area contributed by atoms with Crippen LogP contribution in [0.2, 0.25) is 0 Å². The van der Waals surface area contributed by atoms with E-state index in [0.717, 1.165) is 12.8 Å². The SMILES string of the molecule is CN(Cc1ccon1)C(=O)[C@@]1(C)CCCN(C(=O)c2ccccc2)C1. The summed E-state index contributed by atoms with van der Waals surface area (Å²) >= 11 is 0. The topological polar surface area (TPSA) is 66.7 Å². The summed E-state index contributed by atoms with van der Waals surface area (Å²) in [5, 5.41) is 3.86. The summed E-state index contributed by atoms with van der Waals surface area (Å²) in [5.74, 6) is 0.0135. The molecular weight excluding hydrogens is 318 g/mol. The van der Waals surface area contributed by atoms with Crippen LogP contribution in [0, 0.1) is 5.41 Å². The van der Waals surface area contributed by atoms with Crippen molar-refractivity contribution in [2.75, 3.05) is 20.1 Å². The monoisotopic (exact) mass is 341 g/mol. The number of benzene rings is 1. The molecular formula is C19H23N3O3. The van der Waals surface area contributed by atoms with Gasteiger partial charge in [-0.1, -0.05) is 23.4 Å². The molecule has 6 heteroatoms. The Morgan fingerprint density at radius 1 is 1.28 bits per heavy atom. The molecule has 1 fully saturated rings. The maximum absolute atomic E-state index is 13.0. The van der Waals surface area contributed by atoms with E-state index in [2.05, 4.69) is 5.16 Å². The molecule has 2 aromatic rings. The van der Waals surface area contributed by atoms with Gasteiger partial charge in [-0.25, -0.2) is 0 Å². The zero-order valence-corrected chi connectivity index (χ0v) is 14.6. The van der Waals surface area contributed by atoms with Gasteiger partial charge in [-0.3, -0.25) is 9.59 Å².